The van der Waals surface area contributed by atoms with Gasteiger partial charge in [-0.2, -0.15) is 0 Å². The highest BCUT2D eigenvalue weighted by atomic mass is 16.1. The number of carbonyl (C=O) groups is 1. The van der Waals surface area contributed by atoms with Crippen molar-refractivity contribution in [2.75, 3.05) is 7.05 Å². The molecule has 0 fully saturated rings. The van der Waals surface area contributed by atoms with Crippen molar-refractivity contribution in [3.05, 3.63) is 0 Å². The van der Waals surface area contributed by atoms with Crippen LogP contribution in [0.4, 0.5) is 0 Å². The SMILES string of the molecule is CC[C@](C)(C=O)NC. The fourth-order valence-electron chi connectivity index (χ4n) is 0.319. The third kappa shape index (κ3) is 1.62. The third-order valence-electron chi connectivity index (χ3n) is 1.57. The van der Waals surface area contributed by atoms with Crippen LogP contribution in [-0.2, 0) is 4.79 Å². The van der Waals surface area contributed by atoms with Gasteiger partial charge >= 0.3 is 0 Å². The fraction of sp³-hybridized carbons (Fsp3) is 0.833. The molecule has 0 amide bonds. The molecule has 0 aliphatic heterocycles. The highest BCUT2D eigenvalue weighted by Gasteiger charge is 2.16. The van der Waals surface area contributed by atoms with Crippen molar-refractivity contribution in [3.63, 3.8) is 0 Å². The third-order valence-corrected chi connectivity index (χ3v) is 1.57. The molecule has 0 aromatic carbocycles. The second kappa shape index (κ2) is 2.82. The summed E-state index contributed by atoms with van der Waals surface area (Å²) in [5.41, 5.74) is -0.306. The second-order valence-electron chi connectivity index (χ2n) is 2.14. The number of hydrogen-bond donors (Lipinski definition) is 1. The number of nitrogens with one attached hydrogen (secondary N) is 1. The lowest BCUT2D eigenvalue weighted by Gasteiger charge is -2.18. The first kappa shape index (κ1) is 7.63. The first-order valence-corrected chi connectivity index (χ1v) is 2.84. The van der Waals surface area contributed by atoms with E-state index < -0.39 is 0 Å². The molecule has 0 bridgehead atoms. The lowest BCUT2D eigenvalue weighted by atomic mass is 10.0. The largest absolute Gasteiger partial charge is 0.308 e. The van der Waals surface area contributed by atoms with Crippen LogP contribution < -0.4 is 5.32 Å². The number of aldehydes is 1. The van der Waals surface area contributed by atoms with E-state index in [0.717, 1.165) is 12.7 Å². The highest BCUT2D eigenvalue weighted by Crippen LogP contribution is 2.01. The zero-order valence-electron chi connectivity index (χ0n) is 5.69. The van der Waals surface area contributed by atoms with Gasteiger partial charge in [0.25, 0.3) is 0 Å². The molecule has 0 spiro atoms. The van der Waals surface area contributed by atoms with Crippen molar-refractivity contribution in [1.82, 2.24) is 5.32 Å². The Bertz CT molecular complexity index is 76.6. The molecule has 0 rings (SSSR count). The summed E-state index contributed by atoms with van der Waals surface area (Å²) in [6.07, 6.45) is 1.78. The fourth-order valence-corrected chi connectivity index (χ4v) is 0.319. The molecule has 2 nitrogen and oxygen atoms in total. The van der Waals surface area contributed by atoms with E-state index >= 15 is 0 Å². The molecule has 0 saturated carbocycles. The smallest absolute Gasteiger partial charge is 0.139 e. The van der Waals surface area contributed by atoms with Gasteiger partial charge in [0.1, 0.15) is 6.29 Å². The van der Waals surface area contributed by atoms with E-state index in [1.165, 1.54) is 0 Å². The van der Waals surface area contributed by atoms with E-state index in [0.29, 0.717) is 0 Å². The molecule has 8 heavy (non-hydrogen) atoms. The normalized spacial score (nSPS) is 17.4. The molecule has 0 unspecified atom stereocenters. The van der Waals surface area contributed by atoms with Crippen LogP contribution in [0.15, 0.2) is 0 Å². The molecule has 1 atom stereocenters. The van der Waals surface area contributed by atoms with Gasteiger partial charge in [0.15, 0.2) is 0 Å². The van der Waals surface area contributed by atoms with Crippen LogP contribution in [0.2, 0.25) is 0 Å². The first-order valence-electron chi connectivity index (χ1n) is 2.84. The van der Waals surface area contributed by atoms with Crippen LogP contribution in [0.25, 0.3) is 0 Å². The van der Waals surface area contributed by atoms with Gasteiger partial charge in [-0.05, 0) is 20.4 Å². The van der Waals surface area contributed by atoms with Crippen LogP contribution in [0.1, 0.15) is 20.3 Å². The Morgan fingerprint density at radius 1 is 1.75 bits per heavy atom. The molecule has 48 valence electrons. The summed E-state index contributed by atoms with van der Waals surface area (Å²) in [5, 5.41) is 2.91. The molecule has 0 aliphatic rings. The molecular formula is C6H13NO. The van der Waals surface area contributed by atoms with Crippen LogP contribution in [0.3, 0.4) is 0 Å². The van der Waals surface area contributed by atoms with Gasteiger partial charge in [0.05, 0.1) is 5.54 Å². The van der Waals surface area contributed by atoms with Crippen LogP contribution in [-0.4, -0.2) is 18.9 Å². The van der Waals surface area contributed by atoms with E-state index in [-0.39, 0.29) is 5.54 Å². The maximum atomic E-state index is 10.2. The van der Waals surface area contributed by atoms with E-state index in [2.05, 4.69) is 5.32 Å². The molecule has 0 aromatic rings. The minimum atomic E-state index is -0.306. The molecule has 0 heterocycles. The molecule has 2 heteroatoms. The Labute approximate surface area is 50.3 Å². The van der Waals surface area contributed by atoms with E-state index in [9.17, 15) is 4.79 Å². The van der Waals surface area contributed by atoms with Gasteiger partial charge in [-0.3, -0.25) is 0 Å². The van der Waals surface area contributed by atoms with Gasteiger partial charge in [-0.25, -0.2) is 0 Å². The second-order valence-corrected chi connectivity index (χ2v) is 2.14. The Kier molecular flexibility index (Phi) is 2.69. The summed E-state index contributed by atoms with van der Waals surface area (Å²) in [7, 11) is 1.79. The summed E-state index contributed by atoms with van der Waals surface area (Å²) in [4.78, 5) is 10.2. The van der Waals surface area contributed by atoms with E-state index in [4.69, 9.17) is 0 Å². The van der Waals surface area contributed by atoms with Crippen molar-refractivity contribution < 1.29 is 4.79 Å². The molecule has 0 saturated heterocycles. The van der Waals surface area contributed by atoms with Crippen molar-refractivity contribution >= 4 is 6.29 Å². The minimum absolute atomic E-state index is 0.306. The highest BCUT2D eigenvalue weighted by molar-refractivity contribution is 5.63. The Hall–Kier alpha value is -0.370. The lowest BCUT2D eigenvalue weighted by molar-refractivity contribution is -0.112. The molecule has 0 aromatic heterocycles. The van der Waals surface area contributed by atoms with Crippen molar-refractivity contribution in [3.8, 4) is 0 Å². The van der Waals surface area contributed by atoms with Gasteiger partial charge in [0, 0.05) is 0 Å². The summed E-state index contributed by atoms with van der Waals surface area (Å²) in [5.74, 6) is 0. The maximum absolute atomic E-state index is 10.2. The van der Waals surface area contributed by atoms with Crippen LogP contribution >= 0.6 is 0 Å². The number of likely N-dealkylation sites (N-methyl/N-ethyl adjacent to an activating group) is 1. The number of carbonyl (C=O) groups excluding carboxylic acids is 1. The Balaban J connectivity index is 3.76. The summed E-state index contributed by atoms with van der Waals surface area (Å²) < 4.78 is 0. The van der Waals surface area contributed by atoms with Crippen LogP contribution in [0.5, 0.6) is 0 Å². The van der Waals surface area contributed by atoms with Crippen molar-refractivity contribution in [1.29, 1.82) is 0 Å². The minimum Gasteiger partial charge on any atom is -0.308 e. The quantitative estimate of drug-likeness (QED) is 0.545. The predicted octanol–water partition coefficient (Wildman–Crippen LogP) is 0.573. The lowest BCUT2D eigenvalue weighted by Crippen LogP contribution is -2.40. The molecule has 0 aliphatic carbocycles. The average molecular weight is 115 g/mol. The summed E-state index contributed by atoms with van der Waals surface area (Å²) in [6.45, 7) is 3.85. The monoisotopic (exact) mass is 115 g/mol. The zero-order chi connectivity index (χ0) is 6.62. The topological polar surface area (TPSA) is 29.1 Å². The van der Waals surface area contributed by atoms with Gasteiger partial charge in [-0.15, -0.1) is 0 Å². The van der Waals surface area contributed by atoms with E-state index in [1.807, 2.05) is 13.8 Å². The Morgan fingerprint density at radius 3 is 2.25 bits per heavy atom. The van der Waals surface area contributed by atoms with Crippen molar-refractivity contribution in [2.24, 2.45) is 0 Å². The standard InChI is InChI=1S/C6H13NO/c1-4-6(2,5-8)7-3/h5,7H,4H2,1-3H3/t6-/m1/s1. The van der Waals surface area contributed by atoms with Gasteiger partial charge in [-0.1, -0.05) is 6.92 Å². The van der Waals surface area contributed by atoms with E-state index in [1.54, 1.807) is 7.05 Å². The molecule has 0 radical (unpaired) electrons. The summed E-state index contributed by atoms with van der Waals surface area (Å²) >= 11 is 0. The Morgan fingerprint density at radius 2 is 2.25 bits per heavy atom. The van der Waals surface area contributed by atoms with Gasteiger partial charge in [0.2, 0.25) is 0 Å². The van der Waals surface area contributed by atoms with Gasteiger partial charge < -0.3 is 10.1 Å². The maximum Gasteiger partial charge on any atom is 0.139 e. The number of rotatable bonds is 3. The zero-order valence-corrected chi connectivity index (χ0v) is 5.69. The van der Waals surface area contributed by atoms with Crippen molar-refractivity contribution in [2.45, 2.75) is 25.8 Å². The first-order chi connectivity index (χ1) is 3.68. The summed E-state index contributed by atoms with van der Waals surface area (Å²) in [6, 6.07) is 0. The van der Waals surface area contributed by atoms with Crippen LogP contribution in [0, 0.1) is 0 Å². The average Bonchev–Trinajstić information content (AvgIpc) is 1.87. The predicted molar refractivity (Wildman–Crippen MR) is 33.8 cm³/mol. The molecule has 1 N–H and O–H groups in total. The number of hydrogen-bond acceptors (Lipinski definition) is 2. The molecular weight excluding hydrogens is 102 g/mol.